The maximum absolute atomic E-state index is 11.3. The van der Waals surface area contributed by atoms with Gasteiger partial charge in [0.05, 0.1) is 6.61 Å². The molecule has 0 aliphatic rings. The average molecular weight is 629 g/mol. The highest BCUT2D eigenvalue weighted by atomic mass is 32.3. The highest BCUT2D eigenvalue weighted by Crippen LogP contribution is 2.37. The summed E-state index contributed by atoms with van der Waals surface area (Å²) >= 11 is 0. The second-order valence-corrected chi connectivity index (χ2v) is 12.7. The lowest BCUT2D eigenvalue weighted by Crippen LogP contribution is -2.09. The number of hydrogen-bond acceptors (Lipinski definition) is 6. The third kappa shape index (κ3) is 17.9. The zero-order chi connectivity index (χ0) is 31.3. The summed E-state index contributed by atoms with van der Waals surface area (Å²) in [6.07, 6.45) is 17.9. The van der Waals surface area contributed by atoms with E-state index in [1.165, 1.54) is 50.5 Å². The van der Waals surface area contributed by atoms with Crippen molar-refractivity contribution >= 4 is 20.8 Å². The molecule has 0 heterocycles. The van der Waals surface area contributed by atoms with Crippen LogP contribution < -0.4 is 4.18 Å². The fourth-order valence-corrected chi connectivity index (χ4v) is 5.46. The van der Waals surface area contributed by atoms with E-state index in [0.717, 1.165) is 68.1 Å². The smallest absolute Gasteiger partial charge is 0.361 e. The lowest BCUT2D eigenvalue weighted by atomic mass is 9.89. The van der Waals surface area contributed by atoms with Gasteiger partial charge in [-0.05, 0) is 54.9 Å². The molecule has 42 heavy (non-hydrogen) atoms. The van der Waals surface area contributed by atoms with Crippen molar-refractivity contribution < 1.29 is 34.3 Å². The van der Waals surface area contributed by atoms with Gasteiger partial charge in [0.25, 0.3) is 0 Å². The summed E-state index contributed by atoms with van der Waals surface area (Å²) in [7, 11) is -8.81. The van der Waals surface area contributed by atoms with E-state index in [0.29, 0.717) is 6.42 Å². The molecule has 0 unspecified atom stereocenters. The van der Waals surface area contributed by atoms with Crippen LogP contribution in [0.5, 0.6) is 5.75 Å². The summed E-state index contributed by atoms with van der Waals surface area (Å²) in [6.45, 7) is 6.59. The van der Waals surface area contributed by atoms with Gasteiger partial charge in [0.1, 0.15) is 0 Å². The first kappa shape index (κ1) is 38.0. The molecule has 0 atom stereocenters. The molecule has 0 spiro atoms. The number of rotatable bonds is 21. The first-order valence-corrected chi connectivity index (χ1v) is 18.2. The van der Waals surface area contributed by atoms with Crippen molar-refractivity contribution in [1.82, 2.24) is 0 Å². The third-order valence-corrected chi connectivity index (χ3v) is 7.79. The van der Waals surface area contributed by atoms with Gasteiger partial charge in [-0.1, -0.05) is 128 Å². The van der Waals surface area contributed by atoms with E-state index >= 15 is 0 Å². The largest absolute Gasteiger partial charge is 0.446 e. The molecule has 2 rings (SSSR count). The minimum absolute atomic E-state index is 0.0926. The maximum Gasteiger partial charge on any atom is 0.446 e. The van der Waals surface area contributed by atoms with E-state index < -0.39 is 20.8 Å². The van der Waals surface area contributed by atoms with Crippen LogP contribution in [0.4, 0.5) is 0 Å². The van der Waals surface area contributed by atoms with Crippen LogP contribution in [0.2, 0.25) is 0 Å². The second-order valence-electron chi connectivity index (χ2n) is 10.6. The molecule has 0 bridgehead atoms. The van der Waals surface area contributed by atoms with Crippen molar-refractivity contribution in [1.29, 1.82) is 0 Å². The molecular formula is C32H52O8S2. The molecule has 10 heteroatoms. The minimum Gasteiger partial charge on any atom is -0.361 e. The Morgan fingerprint density at radius 1 is 0.595 bits per heavy atom. The predicted octanol–water partition coefficient (Wildman–Crippen LogP) is 8.95. The lowest BCUT2D eigenvalue weighted by Gasteiger charge is -2.18. The Bertz CT molecular complexity index is 1200. The van der Waals surface area contributed by atoms with Gasteiger partial charge in [-0.3, -0.25) is 9.11 Å². The van der Waals surface area contributed by atoms with Gasteiger partial charge in [-0.15, -0.1) is 0 Å². The van der Waals surface area contributed by atoms with Crippen LogP contribution in [-0.4, -0.2) is 32.5 Å². The zero-order valence-corrected chi connectivity index (χ0v) is 27.4. The Morgan fingerprint density at radius 2 is 1.12 bits per heavy atom. The van der Waals surface area contributed by atoms with E-state index in [2.05, 4.69) is 25.0 Å². The zero-order valence-electron chi connectivity index (χ0n) is 25.7. The van der Waals surface area contributed by atoms with Crippen molar-refractivity contribution in [2.45, 2.75) is 124 Å². The van der Waals surface area contributed by atoms with E-state index in [4.69, 9.17) is 8.74 Å². The number of benzene rings is 2. The van der Waals surface area contributed by atoms with Crippen LogP contribution in [0.25, 0.3) is 11.1 Å². The highest BCUT2D eigenvalue weighted by molar-refractivity contribution is 7.81. The molecule has 2 aromatic carbocycles. The summed E-state index contributed by atoms with van der Waals surface area (Å²) < 4.78 is 69.7. The number of hydrogen-bond donors (Lipinski definition) is 2. The van der Waals surface area contributed by atoms with E-state index in [1.807, 2.05) is 36.4 Å². The molecular weight excluding hydrogens is 576 g/mol. The molecule has 0 radical (unpaired) electrons. The van der Waals surface area contributed by atoms with Crippen molar-refractivity contribution in [2.75, 3.05) is 6.61 Å². The molecule has 2 aromatic rings. The first-order valence-electron chi connectivity index (χ1n) is 15.5. The van der Waals surface area contributed by atoms with Crippen LogP contribution in [0, 0.1) is 0 Å². The maximum atomic E-state index is 11.3. The van der Waals surface area contributed by atoms with Crippen molar-refractivity contribution in [3.63, 3.8) is 0 Å². The SMILES string of the molecule is CCCCCCCCCCCCOS(=O)(=O)O.CCCCc1ccc(OS(=O)(=O)O)c(-c2ccccc2)c1CCCC. The summed E-state index contributed by atoms with van der Waals surface area (Å²) in [5.74, 6) is 0.181. The summed E-state index contributed by atoms with van der Waals surface area (Å²) in [4.78, 5) is 0. The van der Waals surface area contributed by atoms with Crippen molar-refractivity contribution in [2.24, 2.45) is 0 Å². The molecule has 0 saturated heterocycles. The molecule has 0 aliphatic heterocycles. The minimum atomic E-state index is -4.57. The van der Waals surface area contributed by atoms with Crippen LogP contribution in [0.3, 0.4) is 0 Å². The lowest BCUT2D eigenvalue weighted by molar-refractivity contribution is 0.261. The fraction of sp³-hybridized carbons (Fsp3) is 0.625. The Balaban J connectivity index is 0.000000456. The van der Waals surface area contributed by atoms with E-state index in [1.54, 1.807) is 6.07 Å². The fourth-order valence-electron chi connectivity index (χ4n) is 4.77. The van der Waals surface area contributed by atoms with Gasteiger partial charge in [0.2, 0.25) is 0 Å². The molecule has 0 saturated carbocycles. The second kappa shape index (κ2) is 21.7. The molecule has 8 nitrogen and oxygen atoms in total. The molecule has 0 amide bonds. The standard InChI is InChI=1S/C20H26O4S.C12H26O4S/c1-3-5-10-16-14-15-19(24-25(21,22)23)20(18(16)13-6-4-2)17-11-8-7-9-12-17;1-2-3-4-5-6-7-8-9-10-11-12-16-17(13,14)15/h7-9,11-12,14-15H,3-6,10,13H2,1-2H3,(H,21,22,23);2-12H2,1H3,(H,13,14,15). The first-order chi connectivity index (χ1) is 20.0. The van der Waals surface area contributed by atoms with Crippen LogP contribution in [0.1, 0.15) is 122 Å². The molecule has 0 fully saturated rings. The summed E-state index contributed by atoms with van der Waals surface area (Å²) in [5, 5.41) is 0. The number of unbranched alkanes of at least 4 members (excludes halogenated alkanes) is 11. The van der Waals surface area contributed by atoms with E-state index in [9.17, 15) is 21.4 Å². The van der Waals surface area contributed by atoms with Crippen molar-refractivity contribution in [3.05, 3.63) is 53.6 Å². The van der Waals surface area contributed by atoms with Gasteiger partial charge in [-0.25, -0.2) is 4.18 Å². The van der Waals surface area contributed by atoms with Gasteiger partial charge >= 0.3 is 20.8 Å². The van der Waals surface area contributed by atoms with Gasteiger partial charge in [0.15, 0.2) is 5.75 Å². The normalized spacial score (nSPS) is 11.6. The van der Waals surface area contributed by atoms with Crippen molar-refractivity contribution in [3.8, 4) is 16.9 Å². The topological polar surface area (TPSA) is 127 Å². The Labute approximate surface area is 255 Å². The monoisotopic (exact) mass is 628 g/mol. The van der Waals surface area contributed by atoms with E-state index in [-0.39, 0.29) is 12.4 Å². The van der Waals surface area contributed by atoms with Crippen LogP contribution in [-0.2, 0) is 37.8 Å². The van der Waals surface area contributed by atoms with Gasteiger partial charge in [-0.2, -0.15) is 16.8 Å². The quantitative estimate of drug-likeness (QED) is 0.104. The predicted molar refractivity (Wildman–Crippen MR) is 171 cm³/mol. The van der Waals surface area contributed by atoms with Gasteiger partial charge < -0.3 is 4.18 Å². The van der Waals surface area contributed by atoms with Crippen LogP contribution in [0.15, 0.2) is 42.5 Å². The Hall–Kier alpha value is -1.98. The average Bonchev–Trinajstić information content (AvgIpc) is 2.93. The summed E-state index contributed by atoms with van der Waals surface area (Å²) in [6, 6.07) is 13.2. The molecule has 0 aliphatic carbocycles. The molecule has 0 aromatic heterocycles. The Kier molecular flexibility index (Phi) is 19.6. The molecule has 2 N–H and O–H groups in total. The third-order valence-electron chi connectivity index (χ3n) is 6.94. The number of aryl methyl sites for hydroxylation is 1. The van der Waals surface area contributed by atoms with Gasteiger partial charge in [0, 0.05) is 5.56 Å². The molecule has 240 valence electrons. The Morgan fingerprint density at radius 3 is 1.64 bits per heavy atom. The highest BCUT2D eigenvalue weighted by Gasteiger charge is 2.19. The summed E-state index contributed by atoms with van der Waals surface area (Å²) in [5.41, 5.74) is 3.99. The van der Waals surface area contributed by atoms with Crippen LogP contribution >= 0.6 is 0 Å².